The maximum atomic E-state index is 10.4. The standard InChI is InChI=1S/C24H35N3O3/c1-2-3-8-19-17-20-9-7-13-25-23(20)22(18-19)30-21-10-15-27(16-11-21)14-6-4-5-12-26-24(28)29/h7,9,13,17-18,21,26H,2-6,8,10-12,14-16H2,1H3,(H,28,29). The second-order valence-electron chi connectivity index (χ2n) is 8.22. The quantitative estimate of drug-likeness (QED) is 0.515. The van der Waals surface area contributed by atoms with E-state index < -0.39 is 6.09 Å². The number of carbonyl (C=O) groups is 1. The molecule has 2 aromatic rings. The van der Waals surface area contributed by atoms with Crippen LogP contribution in [-0.4, -0.2) is 53.4 Å². The van der Waals surface area contributed by atoms with Gasteiger partial charge < -0.3 is 20.1 Å². The molecule has 0 radical (unpaired) electrons. The summed E-state index contributed by atoms with van der Waals surface area (Å²) in [5.41, 5.74) is 2.30. The minimum atomic E-state index is -0.934. The fraction of sp³-hybridized carbons (Fsp3) is 0.583. The number of likely N-dealkylation sites (tertiary alicyclic amines) is 1. The van der Waals surface area contributed by atoms with Crippen LogP contribution in [0.4, 0.5) is 4.79 Å². The van der Waals surface area contributed by atoms with E-state index in [1.807, 2.05) is 12.3 Å². The zero-order chi connectivity index (χ0) is 21.2. The van der Waals surface area contributed by atoms with E-state index in [0.717, 1.165) is 74.8 Å². The molecule has 6 heteroatoms. The Morgan fingerprint density at radius 1 is 1.23 bits per heavy atom. The second-order valence-corrected chi connectivity index (χ2v) is 8.22. The maximum absolute atomic E-state index is 10.4. The Bertz CT molecular complexity index is 803. The molecule has 2 N–H and O–H groups in total. The highest BCUT2D eigenvalue weighted by molar-refractivity contribution is 5.85. The average Bonchev–Trinajstić information content (AvgIpc) is 2.75. The van der Waals surface area contributed by atoms with Crippen molar-refractivity contribution in [2.45, 2.75) is 64.4 Å². The Balaban J connectivity index is 1.47. The predicted octanol–water partition coefficient (Wildman–Crippen LogP) is 4.86. The van der Waals surface area contributed by atoms with Crippen molar-refractivity contribution in [2.24, 2.45) is 0 Å². The van der Waals surface area contributed by atoms with Gasteiger partial charge in [-0.15, -0.1) is 0 Å². The topological polar surface area (TPSA) is 74.7 Å². The first kappa shape index (κ1) is 22.3. The summed E-state index contributed by atoms with van der Waals surface area (Å²) in [6.07, 6.45) is 9.75. The van der Waals surface area contributed by atoms with Crippen LogP contribution in [0.25, 0.3) is 10.9 Å². The zero-order valence-corrected chi connectivity index (χ0v) is 18.1. The van der Waals surface area contributed by atoms with Crippen molar-refractivity contribution in [1.82, 2.24) is 15.2 Å². The molecule has 1 aromatic heterocycles. The van der Waals surface area contributed by atoms with E-state index in [0.29, 0.717) is 6.54 Å². The summed E-state index contributed by atoms with van der Waals surface area (Å²) in [6, 6.07) is 8.56. The van der Waals surface area contributed by atoms with Crippen molar-refractivity contribution < 1.29 is 14.6 Å². The highest BCUT2D eigenvalue weighted by atomic mass is 16.5. The Labute approximate surface area is 179 Å². The molecule has 0 aliphatic carbocycles. The number of aryl methyl sites for hydroxylation is 1. The number of piperidine rings is 1. The number of fused-ring (bicyclic) bond motifs is 1. The molecule has 1 saturated heterocycles. The number of carboxylic acid groups (broad SMARTS) is 1. The van der Waals surface area contributed by atoms with Crippen LogP contribution in [0, 0.1) is 0 Å². The molecular weight excluding hydrogens is 378 g/mol. The van der Waals surface area contributed by atoms with Crippen molar-refractivity contribution in [1.29, 1.82) is 0 Å². The van der Waals surface area contributed by atoms with Gasteiger partial charge in [0, 0.05) is 31.2 Å². The molecule has 1 fully saturated rings. The van der Waals surface area contributed by atoms with Crippen LogP contribution >= 0.6 is 0 Å². The van der Waals surface area contributed by atoms with E-state index in [9.17, 15) is 4.79 Å². The Hall–Kier alpha value is -2.34. The maximum Gasteiger partial charge on any atom is 0.404 e. The summed E-state index contributed by atoms with van der Waals surface area (Å²) in [7, 11) is 0. The van der Waals surface area contributed by atoms with E-state index in [1.165, 1.54) is 18.4 Å². The summed E-state index contributed by atoms with van der Waals surface area (Å²) < 4.78 is 6.46. The number of hydrogen-bond donors (Lipinski definition) is 2. The van der Waals surface area contributed by atoms with Gasteiger partial charge in [0.15, 0.2) is 0 Å². The van der Waals surface area contributed by atoms with E-state index in [2.05, 4.69) is 40.3 Å². The van der Waals surface area contributed by atoms with Crippen molar-refractivity contribution in [3.05, 3.63) is 36.0 Å². The molecule has 6 nitrogen and oxygen atoms in total. The van der Waals surface area contributed by atoms with Gasteiger partial charge in [0.25, 0.3) is 0 Å². The smallest absolute Gasteiger partial charge is 0.404 e. The van der Waals surface area contributed by atoms with Gasteiger partial charge in [0.2, 0.25) is 0 Å². The van der Waals surface area contributed by atoms with Crippen LogP contribution in [0.5, 0.6) is 5.75 Å². The number of unbranched alkanes of at least 4 members (excludes halogenated alkanes) is 3. The van der Waals surface area contributed by atoms with Gasteiger partial charge in [-0.2, -0.15) is 0 Å². The third-order valence-electron chi connectivity index (χ3n) is 5.80. The molecule has 0 spiro atoms. The molecule has 1 aliphatic rings. The Kier molecular flexibility index (Phi) is 8.75. The fourth-order valence-corrected chi connectivity index (χ4v) is 4.10. The van der Waals surface area contributed by atoms with Crippen LogP contribution in [0.1, 0.15) is 57.4 Å². The molecule has 1 amide bonds. The number of benzene rings is 1. The number of pyridine rings is 1. The number of hydrogen-bond acceptors (Lipinski definition) is 4. The van der Waals surface area contributed by atoms with Crippen molar-refractivity contribution in [3.63, 3.8) is 0 Å². The minimum Gasteiger partial charge on any atom is -0.488 e. The van der Waals surface area contributed by atoms with Crippen molar-refractivity contribution in [2.75, 3.05) is 26.2 Å². The average molecular weight is 414 g/mol. The third kappa shape index (κ3) is 6.87. The van der Waals surface area contributed by atoms with E-state index in [1.54, 1.807) is 0 Å². The minimum absolute atomic E-state index is 0.243. The highest BCUT2D eigenvalue weighted by Gasteiger charge is 2.21. The molecular formula is C24H35N3O3. The summed E-state index contributed by atoms with van der Waals surface area (Å²) in [5.74, 6) is 0.934. The number of rotatable bonds is 11. The van der Waals surface area contributed by atoms with Crippen LogP contribution in [-0.2, 0) is 6.42 Å². The van der Waals surface area contributed by atoms with Gasteiger partial charge in [-0.3, -0.25) is 4.98 Å². The molecule has 2 heterocycles. The zero-order valence-electron chi connectivity index (χ0n) is 18.1. The number of nitrogens with zero attached hydrogens (tertiary/aromatic N) is 2. The molecule has 30 heavy (non-hydrogen) atoms. The third-order valence-corrected chi connectivity index (χ3v) is 5.80. The monoisotopic (exact) mass is 413 g/mol. The summed E-state index contributed by atoms with van der Waals surface area (Å²) >= 11 is 0. The first-order valence-corrected chi connectivity index (χ1v) is 11.4. The summed E-state index contributed by atoms with van der Waals surface area (Å²) in [6.45, 7) is 5.96. The van der Waals surface area contributed by atoms with Gasteiger partial charge in [0.1, 0.15) is 17.4 Å². The van der Waals surface area contributed by atoms with Crippen molar-refractivity contribution in [3.8, 4) is 5.75 Å². The van der Waals surface area contributed by atoms with Crippen LogP contribution in [0.2, 0.25) is 0 Å². The van der Waals surface area contributed by atoms with Gasteiger partial charge >= 0.3 is 6.09 Å². The number of nitrogens with one attached hydrogen (secondary N) is 1. The summed E-state index contributed by atoms with van der Waals surface area (Å²) in [5, 5.41) is 12.2. The molecule has 0 saturated carbocycles. The van der Waals surface area contributed by atoms with E-state index in [-0.39, 0.29) is 6.10 Å². The van der Waals surface area contributed by atoms with Crippen LogP contribution in [0.3, 0.4) is 0 Å². The van der Waals surface area contributed by atoms with Gasteiger partial charge in [-0.25, -0.2) is 4.79 Å². The SMILES string of the molecule is CCCCc1cc(OC2CCN(CCCCCNC(=O)O)CC2)c2ncccc2c1. The molecule has 1 aliphatic heterocycles. The van der Waals surface area contributed by atoms with Crippen LogP contribution < -0.4 is 10.1 Å². The first-order valence-electron chi connectivity index (χ1n) is 11.4. The molecule has 1 aromatic carbocycles. The largest absolute Gasteiger partial charge is 0.488 e. The van der Waals surface area contributed by atoms with Gasteiger partial charge in [0.05, 0.1) is 0 Å². The van der Waals surface area contributed by atoms with Crippen molar-refractivity contribution >= 4 is 17.0 Å². The number of aromatic nitrogens is 1. The normalized spacial score (nSPS) is 15.4. The molecule has 3 rings (SSSR count). The molecule has 0 unspecified atom stereocenters. The second kappa shape index (κ2) is 11.7. The fourth-order valence-electron chi connectivity index (χ4n) is 4.10. The molecule has 0 bridgehead atoms. The Morgan fingerprint density at radius 2 is 2.07 bits per heavy atom. The lowest BCUT2D eigenvalue weighted by molar-refractivity contribution is 0.101. The van der Waals surface area contributed by atoms with E-state index in [4.69, 9.17) is 9.84 Å². The lowest BCUT2D eigenvalue weighted by atomic mass is 10.0. The van der Waals surface area contributed by atoms with Crippen LogP contribution in [0.15, 0.2) is 30.5 Å². The van der Waals surface area contributed by atoms with Gasteiger partial charge in [-0.05, 0) is 68.8 Å². The Morgan fingerprint density at radius 3 is 2.83 bits per heavy atom. The number of ether oxygens (including phenoxy) is 1. The first-order chi connectivity index (χ1) is 14.7. The van der Waals surface area contributed by atoms with E-state index >= 15 is 0 Å². The summed E-state index contributed by atoms with van der Waals surface area (Å²) in [4.78, 5) is 17.5. The molecule has 164 valence electrons. The van der Waals surface area contributed by atoms with Gasteiger partial charge in [-0.1, -0.05) is 25.8 Å². The lowest BCUT2D eigenvalue weighted by Crippen LogP contribution is -2.38. The lowest BCUT2D eigenvalue weighted by Gasteiger charge is -2.32. The predicted molar refractivity (Wildman–Crippen MR) is 120 cm³/mol. The number of amides is 1. The highest BCUT2D eigenvalue weighted by Crippen LogP contribution is 2.29. The molecule has 0 atom stereocenters.